The maximum Gasteiger partial charge on any atom is 0.416 e. The normalized spacial score (nSPS) is 14.8. The zero-order valence-corrected chi connectivity index (χ0v) is 16.4. The lowest BCUT2D eigenvalue weighted by atomic mass is 9.92. The zero-order valence-electron chi connectivity index (χ0n) is 16.4. The molecule has 1 aromatic heterocycles. The summed E-state index contributed by atoms with van der Waals surface area (Å²) in [6, 6.07) is 4.88. The number of hydrogen-bond acceptors (Lipinski definition) is 5. The summed E-state index contributed by atoms with van der Waals surface area (Å²) < 4.78 is 53.0. The number of nitrogens with zero attached hydrogens (tertiary/aromatic N) is 3. The van der Waals surface area contributed by atoms with Gasteiger partial charge in [0.05, 0.1) is 16.5 Å². The summed E-state index contributed by atoms with van der Waals surface area (Å²) in [5, 5.41) is 25.1. The molecule has 0 radical (unpaired) electrons. The molecule has 1 heterocycles. The number of benzene rings is 2. The molecule has 0 atom stereocenters. The van der Waals surface area contributed by atoms with E-state index >= 15 is 0 Å². The highest BCUT2D eigenvalue weighted by Crippen LogP contribution is 2.50. The van der Waals surface area contributed by atoms with Crippen molar-refractivity contribution in [3.63, 3.8) is 0 Å². The van der Waals surface area contributed by atoms with Crippen molar-refractivity contribution >= 4 is 17.6 Å². The highest BCUT2D eigenvalue weighted by Gasteiger charge is 2.53. The molecule has 1 aliphatic rings. The van der Waals surface area contributed by atoms with Crippen LogP contribution in [0.5, 0.6) is 0 Å². The van der Waals surface area contributed by atoms with E-state index in [1.165, 1.54) is 19.1 Å². The fourth-order valence-corrected chi connectivity index (χ4v) is 3.68. The van der Waals surface area contributed by atoms with Crippen LogP contribution in [0.2, 0.25) is 0 Å². The molecule has 0 aliphatic heterocycles. The van der Waals surface area contributed by atoms with Gasteiger partial charge in [-0.1, -0.05) is 6.07 Å². The lowest BCUT2D eigenvalue weighted by Gasteiger charge is -2.19. The van der Waals surface area contributed by atoms with Crippen LogP contribution < -0.4 is 5.32 Å². The molecule has 3 N–H and O–H groups in total. The van der Waals surface area contributed by atoms with E-state index < -0.39 is 34.8 Å². The molecule has 8 nitrogen and oxygen atoms in total. The predicted octanol–water partition coefficient (Wildman–Crippen LogP) is 3.70. The Morgan fingerprint density at radius 3 is 2.44 bits per heavy atom. The molecule has 0 saturated heterocycles. The number of aryl methyl sites for hydroxylation is 1. The van der Waals surface area contributed by atoms with E-state index in [-0.39, 0.29) is 41.0 Å². The third-order valence-electron chi connectivity index (χ3n) is 5.40. The van der Waals surface area contributed by atoms with Crippen LogP contribution in [0.4, 0.5) is 23.2 Å². The molecule has 3 aromatic rings. The van der Waals surface area contributed by atoms with Gasteiger partial charge in [0, 0.05) is 16.8 Å². The number of H-pyrrole nitrogens is 1. The Balaban J connectivity index is 1.67. The average Bonchev–Trinajstić information content (AvgIpc) is 3.32. The topological polar surface area (TPSA) is 121 Å². The summed E-state index contributed by atoms with van der Waals surface area (Å²) in [7, 11) is 0. The Bertz CT molecular complexity index is 1220. The SMILES string of the molecule is Cc1cc(NC(=O)C2(c3ccc(C(F)(F)F)cc3F)CC2)cc(-c2nnn[nH]2)c1C(=O)O. The standard InChI is InChI=1S/C20H15F4N5O3/c1-9-6-11(8-12(15(9)17(30)31)16-26-28-29-27-16)25-18(32)19(4-5-19)13-3-2-10(7-14(13)21)20(22,23)24/h2-3,6-8H,4-5H2,1H3,(H,25,32)(H,30,31)(H,26,27,28,29). The molecular formula is C20H15F4N5O3. The van der Waals surface area contributed by atoms with E-state index in [4.69, 9.17) is 0 Å². The quantitative estimate of drug-likeness (QED) is 0.511. The van der Waals surface area contributed by atoms with Gasteiger partial charge < -0.3 is 10.4 Å². The summed E-state index contributed by atoms with van der Waals surface area (Å²) >= 11 is 0. The summed E-state index contributed by atoms with van der Waals surface area (Å²) in [4.78, 5) is 24.7. The first-order valence-electron chi connectivity index (χ1n) is 9.33. The maximum absolute atomic E-state index is 14.5. The van der Waals surface area contributed by atoms with E-state index in [1.807, 2.05) is 0 Å². The van der Waals surface area contributed by atoms with E-state index in [9.17, 15) is 32.3 Å². The van der Waals surface area contributed by atoms with Crippen LogP contribution in [0.15, 0.2) is 30.3 Å². The summed E-state index contributed by atoms with van der Waals surface area (Å²) in [5.41, 5.74) is -1.99. The van der Waals surface area contributed by atoms with Crippen molar-refractivity contribution in [2.45, 2.75) is 31.4 Å². The highest BCUT2D eigenvalue weighted by molar-refractivity contribution is 6.03. The van der Waals surface area contributed by atoms with Gasteiger partial charge in [-0.15, -0.1) is 5.10 Å². The molecule has 1 amide bonds. The number of aromatic carboxylic acids is 1. The molecule has 166 valence electrons. The van der Waals surface area contributed by atoms with Crippen LogP contribution in [0.1, 0.15) is 39.9 Å². The predicted molar refractivity (Wildman–Crippen MR) is 102 cm³/mol. The van der Waals surface area contributed by atoms with Crippen molar-refractivity contribution in [2.24, 2.45) is 0 Å². The number of aromatic nitrogens is 4. The number of amides is 1. The summed E-state index contributed by atoms with van der Waals surface area (Å²) in [6.07, 6.45) is -4.19. The molecule has 12 heteroatoms. The van der Waals surface area contributed by atoms with Gasteiger partial charge in [-0.3, -0.25) is 4.79 Å². The van der Waals surface area contributed by atoms with Crippen molar-refractivity contribution in [3.8, 4) is 11.4 Å². The number of carboxylic acid groups (broad SMARTS) is 1. The van der Waals surface area contributed by atoms with Crippen molar-refractivity contribution in [2.75, 3.05) is 5.32 Å². The molecule has 32 heavy (non-hydrogen) atoms. The van der Waals surface area contributed by atoms with E-state index in [2.05, 4.69) is 25.9 Å². The van der Waals surface area contributed by atoms with Crippen LogP contribution in [-0.4, -0.2) is 37.6 Å². The average molecular weight is 449 g/mol. The first-order chi connectivity index (χ1) is 15.0. The lowest BCUT2D eigenvalue weighted by molar-refractivity contribution is -0.137. The minimum absolute atomic E-state index is 0.0662. The second-order valence-electron chi connectivity index (χ2n) is 7.50. The van der Waals surface area contributed by atoms with Crippen molar-refractivity contribution in [3.05, 3.63) is 58.4 Å². The Kier molecular flexibility index (Phi) is 4.94. The second-order valence-corrected chi connectivity index (χ2v) is 7.50. The fraction of sp³-hybridized carbons (Fsp3) is 0.250. The van der Waals surface area contributed by atoms with Crippen LogP contribution >= 0.6 is 0 Å². The Hall–Kier alpha value is -3.83. The number of rotatable bonds is 5. The van der Waals surface area contributed by atoms with Crippen LogP contribution in [0.25, 0.3) is 11.4 Å². The third kappa shape index (κ3) is 3.67. The largest absolute Gasteiger partial charge is 0.478 e. The van der Waals surface area contributed by atoms with Crippen molar-refractivity contribution in [1.29, 1.82) is 0 Å². The van der Waals surface area contributed by atoms with Gasteiger partial charge in [0.2, 0.25) is 5.91 Å². The van der Waals surface area contributed by atoms with Crippen molar-refractivity contribution < 1.29 is 32.3 Å². The zero-order chi connectivity index (χ0) is 23.3. The first-order valence-corrected chi connectivity index (χ1v) is 9.33. The number of alkyl halides is 3. The molecule has 1 saturated carbocycles. The number of carboxylic acids is 1. The van der Waals surface area contributed by atoms with Gasteiger partial charge in [0.25, 0.3) is 0 Å². The molecule has 1 fully saturated rings. The van der Waals surface area contributed by atoms with Crippen LogP contribution in [0.3, 0.4) is 0 Å². The number of anilines is 1. The number of carbonyl (C=O) groups is 2. The fourth-order valence-electron chi connectivity index (χ4n) is 3.68. The van der Waals surface area contributed by atoms with Crippen molar-refractivity contribution in [1.82, 2.24) is 20.6 Å². The lowest BCUT2D eigenvalue weighted by Crippen LogP contribution is -2.29. The summed E-state index contributed by atoms with van der Waals surface area (Å²) in [6.45, 7) is 1.52. The van der Waals surface area contributed by atoms with Gasteiger partial charge in [-0.25, -0.2) is 14.3 Å². The highest BCUT2D eigenvalue weighted by atomic mass is 19.4. The van der Waals surface area contributed by atoms with Gasteiger partial charge in [-0.2, -0.15) is 13.2 Å². The number of carbonyl (C=O) groups excluding carboxylic acids is 1. The van der Waals surface area contributed by atoms with Crippen LogP contribution in [-0.2, 0) is 16.4 Å². The van der Waals surface area contributed by atoms with Gasteiger partial charge in [0.15, 0.2) is 5.82 Å². The minimum Gasteiger partial charge on any atom is -0.478 e. The Morgan fingerprint density at radius 2 is 1.91 bits per heavy atom. The first kappa shape index (κ1) is 21.4. The minimum atomic E-state index is -4.70. The number of aromatic amines is 1. The van der Waals surface area contributed by atoms with Crippen LogP contribution in [0, 0.1) is 12.7 Å². The molecule has 1 aliphatic carbocycles. The van der Waals surface area contributed by atoms with Gasteiger partial charge >= 0.3 is 12.1 Å². The Morgan fingerprint density at radius 1 is 1.19 bits per heavy atom. The molecule has 0 unspecified atom stereocenters. The van der Waals surface area contributed by atoms with Gasteiger partial charge in [0.1, 0.15) is 5.82 Å². The molecule has 4 rings (SSSR count). The number of tetrazole rings is 1. The monoisotopic (exact) mass is 449 g/mol. The molecule has 2 aromatic carbocycles. The van der Waals surface area contributed by atoms with E-state index in [0.717, 1.165) is 12.1 Å². The second kappa shape index (κ2) is 7.39. The van der Waals surface area contributed by atoms with E-state index in [0.29, 0.717) is 11.6 Å². The number of hydrogen-bond donors (Lipinski definition) is 3. The molecule has 0 bridgehead atoms. The Labute approximate surface area is 177 Å². The van der Waals surface area contributed by atoms with Gasteiger partial charge in [-0.05, 0) is 60.0 Å². The third-order valence-corrected chi connectivity index (χ3v) is 5.40. The smallest absolute Gasteiger partial charge is 0.416 e. The number of nitrogens with one attached hydrogen (secondary N) is 2. The summed E-state index contributed by atoms with van der Waals surface area (Å²) in [5.74, 6) is -2.88. The molecule has 0 spiro atoms. The van der Waals surface area contributed by atoms with E-state index in [1.54, 1.807) is 0 Å². The maximum atomic E-state index is 14.5. The number of halogens is 4. The molecular weight excluding hydrogens is 434 g/mol.